The van der Waals surface area contributed by atoms with Crippen LogP contribution in [0.1, 0.15) is 6.42 Å². The van der Waals surface area contributed by atoms with Crippen molar-refractivity contribution in [2.75, 3.05) is 16.8 Å². The number of benzene rings is 2. The zero-order chi connectivity index (χ0) is 18.3. The second kappa shape index (κ2) is 6.41. The summed E-state index contributed by atoms with van der Waals surface area (Å²) in [6.45, 7) is 0. The molecule has 2 aromatic carbocycles. The maximum absolute atomic E-state index is 11.7. The van der Waals surface area contributed by atoms with Crippen LogP contribution in [-0.4, -0.2) is 41.0 Å². The molecule has 1 fully saturated rings. The molecule has 1 aliphatic rings. The normalized spacial score (nSPS) is 18.9. The molecule has 26 heavy (non-hydrogen) atoms. The summed E-state index contributed by atoms with van der Waals surface area (Å²) in [5.41, 5.74) is 1.12. The van der Waals surface area contributed by atoms with Crippen molar-refractivity contribution in [2.24, 2.45) is 0 Å². The number of anilines is 1. The summed E-state index contributed by atoms with van der Waals surface area (Å²) >= 11 is 6.10. The number of para-hydroxylation sites is 1. The molecular formula is C18H16ClN3O3S. The number of rotatable bonds is 3. The molecule has 0 saturated carbocycles. The van der Waals surface area contributed by atoms with E-state index in [2.05, 4.69) is 15.3 Å². The van der Waals surface area contributed by atoms with Crippen molar-refractivity contribution in [1.82, 2.24) is 9.97 Å². The Balaban J connectivity index is 1.84. The molecule has 134 valence electrons. The molecule has 0 amide bonds. The molecule has 8 heteroatoms. The number of sulfone groups is 1. The van der Waals surface area contributed by atoms with Crippen molar-refractivity contribution in [2.45, 2.75) is 12.5 Å². The first-order chi connectivity index (χ1) is 12.4. The zero-order valence-electron chi connectivity index (χ0n) is 13.7. The van der Waals surface area contributed by atoms with Crippen LogP contribution in [-0.2, 0) is 9.84 Å². The Kier molecular flexibility index (Phi) is 4.20. The molecule has 3 aromatic rings. The number of phenols is 1. The summed E-state index contributed by atoms with van der Waals surface area (Å²) in [4.78, 5) is 9.07. The minimum Gasteiger partial charge on any atom is -0.507 e. The van der Waals surface area contributed by atoms with E-state index in [0.29, 0.717) is 34.2 Å². The third kappa shape index (κ3) is 3.32. The van der Waals surface area contributed by atoms with Crippen molar-refractivity contribution in [3.63, 3.8) is 0 Å². The van der Waals surface area contributed by atoms with Crippen molar-refractivity contribution in [3.05, 3.63) is 47.5 Å². The quantitative estimate of drug-likeness (QED) is 0.714. The van der Waals surface area contributed by atoms with E-state index < -0.39 is 9.84 Å². The highest BCUT2D eigenvalue weighted by atomic mass is 35.5. The predicted octanol–water partition coefficient (Wildman–Crippen LogP) is 3.25. The van der Waals surface area contributed by atoms with Gasteiger partial charge >= 0.3 is 0 Å². The highest BCUT2D eigenvalue weighted by Gasteiger charge is 2.28. The number of nitrogens with one attached hydrogen (secondary N) is 1. The van der Waals surface area contributed by atoms with E-state index in [0.717, 1.165) is 5.39 Å². The van der Waals surface area contributed by atoms with Gasteiger partial charge in [0.25, 0.3) is 0 Å². The second-order valence-electron chi connectivity index (χ2n) is 6.32. The molecule has 1 atom stereocenters. The highest BCUT2D eigenvalue weighted by molar-refractivity contribution is 7.91. The molecule has 1 saturated heterocycles. The van der Waals surface area contributed by atoms with Crippen LogP contribution in [0.3, 0.4) is 0 Å². The fraction of sp³-hybridized carbons (Fsp3) is 0.222. The summed E-state index contributed by atoms with van der Waals surface area (Å²) < 4.78 is 23.5. The minimum absolute atomic E-state index is 0.0725. The Morgan fingerprint density at radius 1 is 1.15 bits per heavy atom. The molecule has 0 aliphatic carbocycles. The van der Waals surface area contributed by atoms with Gasteiger partial charge in [0.05, 0.1) is 22.6 Å². The van der Waals surface area contributed by atoms with Crippen LogP contribution in [0, 0.1) is 0 Å². The molecule has 0 bridgehead atoms. The molecule has 2 heterocycles. The second-order valence-corrected chi connectivity index (χ2v) is 8.98. The van der Waals surface area contributed by atoms with Gasteiger partial charge in [-0.05, 0) is 36.8 Å². The first kappa shape index (κ1) is 17.1. The topological polar surface area (TPSA) is 92.2 Å². The van der Waals surface area contributed by atoms with Crippen LogP contribution < -0.4 is 5.32 Å². The number of hydrogen-bond acceptors (Lipinski definition) is 6. The van der Waals surface area contributed by atoms with E-state index in [9.17, 15) is 13.5 Å². The number of aromatic hydroxyl groups is 1. The summed E-state index contributed by atoms with van der Waals surface area (Å²) in [5.74, 6) is 1.21. The van der Waals surface area contributed by atoms with Gasteiger partial charge in [0, 0.05) is 16.5 Å². The molecule has 1 aliphatic heterocycles. The molecule has 2 N–H and O–H groups in total. The highest BCUT2D eigenvalue weighted by Crippen LogP contribution is 2.31. The number of fused-ring (bicyclic) bond motifs is 1. The van der Waals surface area contributed by atoms with Crippen LogP contribution in [0.4, 0.5) is 5.82 Å². The number of aromatic nitrogens is 2. The largest absolute Gasteiger partial charge is 0.507 e. The Hall–Kier alpha value is -2.38. The van der Waals surface area contributed by atoms with E-state index in [1.165, 1.54) is 0 Å². The zero-order valence-corrected chi connectivity index (χ0v) is 15.3. The van der Waals surface area contributed by atoms with E-state index in [-0.39, 0.29) is 23.3 Å². The lowest BCUT2D eigenvalue weighted by Gasteiger charge is -2.15. The van der Waals surface area contributed by atoms with Gasteiger partial charge in [-0.15, -0.1) is 0 Å². The Morgan fingerprint density at radius 3 is 2.69 bits per heavy atom. The monoisotopic (exact) mass is 389 g/mol. The molecule has 6 nitrogen and oxygen atoms in total. The molecule has 1 unspecified atom stereocenters. The van der Waals surface area contributed by atoms with Gasteiger partial charge in [0.1, 0.15) is 11.6 Å². The number of nitrogens with zero attached hydrogens (tertiary/aromatic N) is 2. The smallest absolute Gasteiger partial charge is 0.165 e. The fourth-order valence-electron chi connectivity index (χ4n) is 3.10. The van der Waals surface area contributed by atoms with E-state index in [1.807, 2.05) is 0 Å². The van der Waals surface area contributed by atoms with Crippen molar-refractivity contribution in [3.8, 4) is 17.1 Å². The average molecular weight is 390 g/mol. The van der Waals surface area contributed by atoms with E-state index in [1.54, 1.807) is 42.5 Å². The Labute approximate surface area is 155 Å². The fourth-order valence-corrected chi connectivity index (χ4v) is 4.94. The summed E-state index contributed by atoms with van der Waals surface area (Å²) in [7, 11) is -3.01. The third-order valence-corrected chi connectivity index (χ3v) is 6.38. The van der Waals surface area contributed by atoms with E-state index >= 15 is 0 Å². The van der Waals surface area contributed by atoms with Crippen LogP contribution in [0.2, 0.25) is 5.02 Å². The standard InChI is InChI=1S/C18H16ClN3O3S/c19-11-5-6-13-15(9-11)21-18(14-3-1-2-4-16(14)23)22-17(13)20-12-7-8-26(24,25)10-12/h1-6,9,12,23H,7-8,10H2,(H,20,21,22). The number of hydrogen-bond donors (Lipinski definition) is 2. The lowest BCUT2D eigenvalue weighted by molar-refractivity contribution is 0.477. The molecule has 1 aromatic heterocycles. The SMILES string of the molecule is O=S1(=O)CCC(Nc2nc(-c3ccccc3O)nc3cc(Cl)ccc23)C1. The van der Waals surface area contributed by atoms with Crippen molar-refractivity contribution < 1.29 is 13.5 Å². The van der Waals surface area contributed by atoms with Gasteiger partial charge in [-0.2, -0.15) is 0 Å². The number of halogens is 1. The molecule has 4 rings (SSSR count). The van der Waals surface area contributed by atoms with Gasteiger partial charge in [0.15, 0.2) is 15.7 Å². The van der Waals surface area contributed by atoms with Gasteiger partial charge in [-0.25, -0.2) is 18.4 Å². The summed E-state index contributed by atoms with van der Waals surface area (Å²) in [5, 5.41) is 14.6. The van der Waals surface area contributed by atoms with Gasteiger partial charge < -0.3 is 10.4 Å². The maximum Gasteiger partial charge on any atom is 0.165 e. The minimum atomic E-state index is -3.01. The van der Waals surface area contributed by atoms with E-state index in [4.69, 9.17) is 11.6 Å². The number of phenolic OH excluding ortho intramolecular Hbond substituents is 1. The first-order valence-corrected chi connectivity index (χ1v) is 10.3. The Bertz CT molecular complexity index is 1100. The Morgan fingerprint density at radius 2 is 1.96 bits per heavy atom. The van der Waals surface area contributed by atoms with Crippen LogP contribution >= 0.6 is 11.6 Å². The van der Waals surface area contributed by atoms with Crippen LogP contribution in [0.5, 0.6) is 5.75 Å². The van der Waals surface area contributed by atoms with Gasteiger partial charge in [-0.3, -0.25) is 0 Å². The van der Waals surface area contributed by atoms with Crippen LogP contribution in [0.25, 0.3) is 22.3 Å². The average Bonchev–Trinajstić information content (AvgIpc) is 2.93. The third-order valence-electron chi connectivity index (χ3n) is 4.38. The van der Waals surface area contributed by atoms with Gasteiger partial charge in [-0.1, -0.05) is 23.7 Å². The lowest BCUT2D eigenvalue weighted by Crippen LogP contribution is -2.21. The predicted molar refractivity (Wildman–Crippen MR) is 102 cm³/mol. The summed E-state index contributed by atoms with van der Waals surface area (Å²) in [6, 6.07) is 11.9. The molecule has 0 spiro atoms. The maximum atomic E-state index is 11.7. The first-order valence-electron chi connectivity index (χ1n) is 8.14. The molecule has 0 radical (unpaired) electrons. The van der Waals surface area contributed by atoms with Crippen molar-refractivity contribution >= 4 is 38.2 Å². The van der Waals surface area contributed by atoms with Gasteiger partial charge in [0.2, 0.25) is 0 Å². The van der Waals surface area contributed by atoms with Crippen molar-refractivity contribution in [1.29, 1.82) is 0 Å². The summed E-state index contributed by atoms with van der Waals surface area (Å²) in [6.07, 6.45) is 0.535. The molecular weight excluding hydrogens is 374 g/mol. The lowest BCUT2D eigenvalue weighted by atomic mass is 10.1. The van der Waals surface area contributed by atoms with Crippen LogP contribution in [0.15, 0.2) is 42.5 Å².